The summed E-state index contributed by atoms with van der Waals surface area (Å²) >= 11 is 3.19. The van der Waals surface area contributed by atoms with E-state index in [4.69, 9.17) is 9.47 Å². The second-order valence-electron chi connectivity index (χ2n) is 3.53. The summed E-state index contributed by atoms with van der Waals surface area (Å²) in [6, 6.07) is 7.06. The normalized spacial score (nSPS) is 10.2. The standard InChI is InChI=1S/C12H11BrN2O3/c1-15-12(16)11(13)10(7-14-15)18-9-5-3-8(17-2)4-6-9/h3-7H,1-2H3. The lowest BCUT2D eigenvalue weighted by Gasteiger charge is -2.08. The van der Waals surface area contributed by atoms with E-state index in [0.29, 0.717) is 16.0 Å². The number of aromatic nitrogens is 2. The molecular formula is C12H11BrN2O3. The SMILES string of the molecule is COc1ccc(Oc2cnn(C)c(=O)c2Br)cc1. The highest BCUT2D eigenvalue weighted by molar-refractivity contribution is 9.10. The van der Waals surface area contributed by atoms with Gasteiger partial charge in [-0.1, -0.05) is 0 Å². The van der Waals surface area contributed by atoms with E-state index < -0.39 is 0 Å². The Kier molecular flexibility index (Phi) is 3.66. The van der Waals surface area contributed by atoms with Crippen LogP contribution in [0.5, 0.6) is 17.2 Å². The maximum atomic E-state index is 11.6. The summed E-state index contributed by atoms with van der Waals surface area (Å²) in [5.74, 6) is 1.72. The summed E-state index contributed by atoms with van der Waals surface area (Å²) in [7, 11) is 3.17. The zero-order valence-corrected chi connectivity index (χ0v) is 11.5. The fourth-order valence-electron chi connectivity index (χ4n) is 1.34. The first-order valence-corrected chi connectivity index (χ1v) is 5.95. The fraction of sp³-hybridized carbons (Fsp3) is 0.167. The minimum absolute atomic E-state index is 0.249. The highest BCUT2D eigenvalue weighted by Crippen LogP contribution is 2.27. The fourth-order valence-corrected chi connectivity index (χ4v) is 1.78. The zero-order valence-electron chi connectivity index (χ0n) is 9.88. The predicted octanol–water partition coefficient (Wildman–Crippen LogP) is 2.34. The second kappa shape index (κ2) is 5.22. The third-order valence-electron chi connectivity index (χ3n) is 2.33. The molecule has 1 aromatic heterocycles. The van der Waals surface area contributed by atoms with Crippen LogP contribution in [0.1, 0.15) is 0 Å². The smallest absolute Gasteiger partial charge is 0.284 e. The molecule has 1 heterocycles. The average molecular weight is 311 g/mol. The Bertz CT molecular complexity index is 608. The zero-order chi connectivity index (χ0) is 13.1. The van der Waals surface area contributed by atoms with Gasteiger partial charge in [0, 0.05) is 7.05 Å². The van der Waals surface area contributed by atoms with E-state index in [1.54, 1.807) is 38.4 Å². The van der Waals surface area contributed by atoms with Crippen LogP contribution in [0.4, 0.5) is 0 Å². The Labute approximate surface area is 112 Å². The molecule has 94 valence electrons. The molecule has 0 radical (unpaired) electrons. The molecule has 1 aromatic carbocycles. The van der Waals surface area contributed by atoms with Gasteiger partial charge < -0.3 is 9.47 Å². The topological polar surface area (TPSA) is 53.4 Å². The van der Waals surface area contributed by atoms with E-state index in [0.717, 1.165) is 5.75 Å². The van der Waals surface area contributed by atoms with Gasteiger partial charge in [0.1, 0.15) is 16.0 Å². The molecule has 0 bridgehead atoms. The largest absolute Gasteiger partial charge is 0.497 e. The highest BCUT2D eigenvalue weighted by atomic mass is 79.9. The van der Waals surface area contributed by atoms with Gasteiger partial charge in [0.2, 0.25) is 0 Å². The van der Waals surface area contributed by atoms with Crippen LogP contribution >= 0.6 is 15.9 Å². The van der Waals surface area contributed by atoms with Crippen LogP contribution in [-0.4, -0.2) is 16.9 Å². The molecule has 0 N–H and O–H groups in total. The summed E-state index contributed by atoms with van der Waals surface area (Å²) < 4.78 is 12.2. The summed E-state index contributed by atoms with van der Waals surface area (Å²) in [5.41, 5.74) is -0.249. The van der Waals surface area contributed by atoms with Gasteiger partial charge in [0.15, 0.2) is 5.75 Å². The van der Waals surface area contributed by atoms with Gasteiger partial charge in [-0.2, -0.15) is 5.10 Å². The van der Waals surface area contributed by atoms with E-state index in [-0.39, 0.29) is 5.56 Å². The first-order chi connectivity index (χ1) is 8.61. The highest BCUT2D eigenvalue weighted by Gasteiger charge is 2.08. The van der Waals surface area contributed by atoms with Crippen molar-refractivity contribution in [3.63, 3.8) is 0 Å². The van der Waals surface area contributed by atoms with E-state index in [1.165, 1.54) is 10.9 Å². The molecule has 0 amide bonds. The minimum Gasteiger partial charge on any atom is -0.497 e. The van der Waals surface area contributed by atoms with Crippen molar-refractivity contribution in [2.75, 3.05) is 7.11 Å². The van der Waals surface area contributed by atoms with Gasteiger partial charge in [-0.05, 0) is 40.2 Å². The number of benzene rings is 1. The summed E-state index contributed by atoms with van der Waals surface area (Å²) in [5, 5.41) is 3.89. The van der Waals surface area contributed by atoms with Gasteiger partial charge in [-0.15, -0.1) is 0 Å². The molecular weight excluding hydrogens is 300 g/mol. The van der Waals surface area contributed by atoms with Crippen LogP contribution in [0.15, 0.2) is 39.7 Å². The average Bonchev–Trinajstić information content (AvgIpc) is 2.40. The Morgan fingerprint density at radius 1 is 1.22 bits per heavy atom. The lowest BCUT2D eigenvalue weighted by molar-refractivity contribution is 0.412. The predicted molar refractivity (Wildman–Crippen MR) is 70.2 cm³/mol. The molecule has 0 aliphatic carbocycles. The Morgan fingerprint density at radius 2 is 1.83 bits per heavy atom. The van der Waals surface area contributed by atoms with Crippen LogP contribution < -0.4 is 15.0 Å². The number of aryl methyl sites for hydroxylation is 1. The van der Waals surface area contributed by atoms with Gasteiger partial charge in [0.25, 0.3) is 5.56 Å². The minimum atomic E-state index is -0.249. The molecule has 0 saturated heterocycles. The molecule has 2 aromatic rings. The summed E-state index contributed by atoms with van der Waals surface area (Å²) in [4.78, 5) is 11.6. The Morgan fingerprint density at radius 3 is 2.44 bits per heavy atom. The Balaban J connectivity index is 2.28. The number of hydrogen-bond donors (Lipinski definition) is 0. The number of ether oxygens (including phenoxy) is 2. The number of nitrogens with zero attached hydrogens (tertiary/aromatic N) is 2. The van der Waals surface area contributed by atoms with E-state index >= 15 is 0 Å². The molecule has 0 atom stereocenters. The molecule has 0 fully saturated rings. The van der Waals surface area contributed by atoms with Crippen molar-refractivity contribution in [3.8, 4) is 17.2 Å². The maximum absolute atomic E-state index is 11.6. The first-order valence-electron chi connectivity index (χ1n) is 5.15. The number of halogens is 1. The third-order valence-corrected chi connectivity index (χ3v) is 3.06. The first kappa shape index (κ1) is 12.6. The molecule has 18 heavy (non-hydrogen) atoms. The quantitative estimate of drug-likeness (QED) is 0.873. The van der Waals surface area contributed by atoms with Gasteiger partial charge >= 0.3 is 0 Å². The lowest BCUT2D eigenvalue weighted by atomic mass is 10.3. The van der Waals surface area contributed by atoms with Crippen molar-refractivity contribution in [2.24, 2.45) is 7.05 Å². The second-order valence-corrected chi connectivity index (χ2v) is 4.32. The molecule has 0 saturated carbocycles. The van der Waals surface area contributed by atoms with Gasteiger partial charge in [0.05, 0.1) is 13.3 Å². The summed E-state index contributed by atoms with van der Waals surface area (Å²) in [6.07, 6.45) is 1.48. The maximum Gasteiger partial charge on any atom is 0.284 e. The van der Waals surface area contributed by atoms with Crippen LogP contribution in [0.3, 0.4) is 0 Å². The van der Waals surface area contributed by atoms with E-state index in [2.05, 4.69) is 21.0 Å². The Hall–Kier alpha value is -1.82. The van der Waals surface area contributed by atoms with Crippen LogP contribution in [0, 0.1) is 0 Å². The molecule has 0 spiro atoms. The van der Waals surface area contributed by atoms with Gasteiger partial charge in [-0.3, -0.25) is 4.79 Å². The van der Waals surface area contributed by atoms with Crippen molar-refractivity contribution in [2.45, 2.75) is 0 Å². The number of methoxy groups -OCH3 is 1. The van der Waals surface area contributed by atoms with Crippen molar-refractivity contribution in [1.29, 1.82) is 0 Å². The molecule has 0 aliphatic rings. The monoisotopic (exact) mass is 310 g/mol. The van der Waals surface area contributed by atoms with Crippen molar-refractivity contribution in [1.82, 2.24) is 9.78 Å². The van der Waals surface area contributed by atoms with Crippen LogP contribution in [-0.2, 0) is 7.05 Å². The van der Waals surface area contributed by atoms with E-state index in [1.807, 2.05) is 0 Å². The van der Waals surface area contributed by atoms with E-state index in [9.17, 15) is 4.79 Å². The molecule has 5 nitrogen and oxygen atoms in total. The third kappa shape index (κ3) is 2.53. The number of hydrogen-bond acceptors (Lipinski definition) is 4. The number of rotatable bonds is 3. The van der Waals surface area contributed by atoms with Gasteiger partial charge in [-0.25, -0.2) is 4.68 Å². The lowest BCUT2D eigenvalue weighted by Crippen LogP contribution is -2.20. The van der Waals surface area contributed by atoms with Crippen molar-refractivity contribution < 1.29 is 9.47 Å². The van der Waals surface area contributed by atoms with Crippen LogP contribution in [0.25, 0.3) is 0 Å². The van der Waals surface area contributed by atoms with Crippen molar-refractivity contribution in [3.05, 3.63) is 45.3 Å². The molecule has 6 heteroatoms. The van der Waals surface area contributed by atoms with Crippen molar-refractivity contribution >= 4 is 15.9 Å². The molecule has 0 aliphatic heterocycles. The molecule has 0 unspecified atom stereocenters. The molecule has 2 rings (SSSR count). The van der Waals surface area contributed by atoms with Crippen LogP contribution in [0.2, 0.25) is 0 Å². The summed E-state index contributed by atoms with van der Waals surface area (Å²) in [6.45, 7) is 0.